The number of thiazole rings is 1. The van der Waals surface area contributed by atoms with Crippen LogP contribution in [0.15, 0.2) is 10.6 Å². The molecule has 2 aromatic rings. The first-order chi connectivity index (χ1) is 8.47. The molecule has 0 fully saturated rings. The van der Waals surface area contributed by atoms with Gasteiger partial charge in [-0.25, -0.2) is 4.98 Å². The van der Waals surface area contributed by atoms with E-state index in [0.29, 0.717) is 21.5 Å². The minimum Gasteiger partial charge on any atom is -0.361 e. The van der Waals surface area contributed by atoms with Gasteiger partial charge in [0.15, 0.2) is 16.6 Å². The third kappa shape index (κ3) is 2.45. The average Bonchev–Trinajstić information content (AvgIpc) is 2.85. The highest BCUT2D eigenvalue weighted by molar-refractivity contribution is 7.17. The van der Waals surface area contributed by atoms with Crippen molar-refractivity contribution in [3.05, 3.63) is 28.1 Å². The van der Waals surface area contributed by atoms with Gasteiger partial charge in [-0.1, -0.05) is 16.5 Å². The Kier molecular flexibility index (Phi) is 3.24. The summed E-state index contributed by atoms with van der Waals surface area (Å²) in [5.74, 6) is 0.0818. The van der Waals surface area contributed by atoms with Crippen LogP contribution in [0.5, 0.6) is 0 Å². The first-order valence-corrected chi connectivity index (χ1v) is 6.02. The van der Waals surface area contributed by atoms with E-state index in [4.69, 9.17) is 4.52 Å². The van der Waals surface area contributed by atoms with Gasteiger partial charge >= 0.3 is 0 Å². The van der Waals surface area contributed by atoms with Crippen LogP contribution in [-0.2, 0) is 0 Å². The summed E-state index contributed by atoms with van der Waals surface area (Å²) < 4.78 is 4.81. The zero-order valence-electron chi connectivity index (χ0n) is 10.1. The molecule has 0 bridgehead atoms. The van der Waals surface area contributed by atoms with E-state index in [2.05, 4.69) is 15.5 Å². The molecule has 0 unspecified atom stereocenters. The molecule has 6 nitrogen and oxygen atoms in total. The van der Waals surface area contributed by atoms with Gasteiger partial charge in [0.05, 0.1) is 10.6 Å². The van der Waals surface area contributed by atoms with Crippen LogP contribution in [0.25, 0.3) is 0 Å². The summed E-state index contributed by atoms with van der Waals surface area (Å²) in [6, 6.07) is 1.53. The molecule has 2 aromatic heterocycles. The topological polar surface area (TPSA) is 85.1 Å². The van der Waals surface area contributed by atoms with E-state index in [9.17, 15) is 9.59 Å². The van der Waals surface area contributed by atoms with Gasteiger partial charge in [-0.2, -0.15) is 0 Å². The highest BCUT2D eigenvalue weighted by atomic mass is 32.1. The van der Waals surface area contributed by atoms with Crippen LogP contribution in [0.1, 0.15) is 38.5 Å². The molecule has 2 rings (SSSR count). The number of nitrogens with one attached hydrogen (secondary N) is 1. The summed E-state index contributed by atoms with van der Waals surface area (Å²) in [5.41, 5.74) is 0.795. The smallest absolute Gasteiger partial charge is 0.279 e. The molecule has 0 aliphatic carbocycles. The number of carbonyl (C=O) groups is 2. The molecule has 7 heteroatoms. The lowest BCUT2D eigenvalue weighted by Gasteiger charge is -1.95. The molecule has 0 aliphatic heterocycles. The van der Waals surface area contributed by atoms with Crippen LogP contribution < -0.4 is 5.32 Å². The number of aromatic nitrogens is 2. The lowest BCUT2D eigenvalue weighted by Crippen LogP contribution is -2.11. The van der Waals surface area contributed by atoms with E-state index in [1.54, 1.807) is 13.8 Å². The Morgan fingerprint density at radius 3 is 2.61 bits per heavy atom. The molecule has 18 heavy (non-hydrogen) atoms. The Hall–Kier alpha value is -2.02. The summed E-state index contributed by atoms with van der Waals surface area (Å²) in [6.07, 6.45) is 0. The molecule has 0 saturated carbocycles. The number of rotatable bonds is 3. The summed E-state index contributed by atoms with van der Waals surface area (Å²) in [4.78, 5) is 27.7. The summed E-state index contributed by atoms with van der Waals surface area (Å²) >= 11 is 1.15. The molecular formula is C11H11N3O3S. The highest BCUT2D eigenvalue weighted by Crippen LogP contribution is 2.23. The molecule has 1 N–H and O–H groups in total. The molecule has 0 spiro atoms. The number of ketones is 1. The third-order valence-electron chi connectivity index (χ3n) is 2.20. The zero-order chi connectivity index (χ0) is 13.3. The van der Waals surface area contributed by atoms with E-state index >= 15 is 0 Å². The normalized spacial score (nSPS) is 10.4. The van der Waals surface area contributed by atoms with Gasteiger partial charge in [-0.05, 0) is 13.8 Å². The monoisotopic (exact) mass is 265 g/mol. The number of carbonyl (C=O) groups excluding carboxylic acids is 2. The maximum Gasteiger partial charge on any atom is 0.279 e. The first-order valence-electron chi connectivity index (χ1n) is 5.20. The van der Waals surface area contributed by atoms with Gasteiger partial charge in [0.1, 0.15) is 5.76 Å². The van der Waals surface area contributed by atoms with E-state index < -0.39 is 5.91 Å². The number of amides is 1. The summed E-state index contributed by atoms with van der Waals surface area (Å²) in [5, 5.41) is 6.56. The Labute approximate surface area is 107 Å². The fraction of sp³-hybridized carbons (Fsp3) is 0.273. The van der Waals surface area contributed by atoms with Gasteiger partial charge in [0.25, 0.3) is 5.91 Å². The number of Topliss-reactive ketones (excluding diaryl/α,β-unsaturated/α-hetero) is 1. The highest BCUT2D eigenvalue weighted by Gasteiger charge is 2.16. The van der Waals surface area contributed by atoms with E-state index in [1.807, 2.05) is 0 Å². The maximum atomic E-state index is 11.8. The van der Waals surface area contributed by atoms with Crippen molar-refractivity contribution >= 4 is 28.2 Å². The van der Waals surface area contributed by atoms with Gasteiger partial charge in [-0.3, -0.25) is 14.9 Å². The lowest BCUT2D eigenvalue weighted by atomic mass is 10.3. The number of hydrogen-bond acceptors (Lipinski definition) is 6. The predicted octanol–water partition coefficient (Wildman–Crippen LogP) is 2.20. The third-order valence-corrected chi connectivity index (χ3v) is 3.37. The van der Waals surface area contributed by atoms with Crippen molar-refractivity contribution < 1.29 is 14.1 Å². The zero-order valence-corrected chi connectivity index (χ0v) is 10.9. The van der Waals surface area contributed by atoms with Gasteiger partial charge in [0.2, 0.25) is 0 Å². The van der Waals surface area contributed by atoms with Crippen LogP contribution in [-0.4, -0.2) is 21.8 Å². The van der Waals surface area contributed by atoms with Crippen LogP contribution in [0.2, 0.25) is 0 Å². The molecule has 0 atom stereocenters. The molecule has 0 aliphatic rings. The van der Waals surface area contributed by atoms with Crippen LogP contribution in [0.3, 0.4) is 0 Å². The van der Waals surface area contributed by atoms with Gasteiger partial charge in [-0.15, -0.1) is 0 Å². The van der Waals surface area contributed by atoms with Gasteiger partial charge < -0.3 is 4.52 Å². The molecule has 94 valence electrons. The minimum absolute atomic E-state index is 0.0669. The first kappa shape index (κ1) is 12.4. The maximum absolute atomic E-state index is 11.8. The van der Waals surface area contributed by atoms with Crippen molar-refractivity contribution in [3.8, 4) is 0 Å². The lowest BCUT2D eigenvalue weighted by molar-refractivity contribution is 0.101. The fourth-order valence-corrected chi connectivity index (χ4v) is 2.27. The van der Waals surface area contributed by atoms with E-state index in [1.165, 1.54) is 13.0 Å². The van der Waals surface area contributed by atoms with Crippen molar-refractivity contribution in [2.24, 2.45) is 0 Å². The Balaban J connectivity index is 2.17. The fourth-order valence-electron chi connectivity index (χ4n) is 1.41. The van der Waals surface area contributed by atoms with Gasteiger partial charge in [0, 0.05) is 13.0 Å². The minimum atomic E-state index is -0.407. The molecule has 2 heterocycles. The van der Waals surface area contributed by atoms with Crippen molar-refractivity contribution in [1.29, 1.82) is 0 Å². The van der Waals surface area contributed by atoms with Crippen LogP contribution >= 0.6 is 11.3 Å². The number of aryl methyl sites for hydroxylation is 2. The summed E-state index contributed by atoms with van der Waals surface area (Å²) in [7, 11) is 0. The number of anilines is 1. The molecule has 0 aromatic carbocycles. The number of nitrogens with zero attached hydrogens (tertiary/aromatic N) is 2. The Bertz CT molecular complexity index is 615. The van der Waals surface area contributed by atoms with Crippen LogP contribution in [0.4, 0.5) is 5.13 Å². The van der Waals surface area contributed by atoms with Crippen LogP contribution in [0, 0.1) is 13.8 Å². The SMILES string of the molecule is CC(=O)c1sc(NC(=O)c2cc(C)on2)nc1C. The Morgan fingerprint density at radius 2 is 2.11 bits per heavy atom. The molecule has 1 amide bonds. The average molecular weight is 265 g/mol. The van der Waals surface area contributed by atoms with Crippen molar-refractivity contribution in [2.75, 3.05) is 5.32 Å². The second kappa shape index (κ2) is 4.69. The predicted molar refractivity (Wildman–Crippen MR) is 66.0 cm³/mol. The summed E-state index contributed by atoms with van der Waals surface area (Å²) in [6.45, 7) is 4.89. The largest absolute Gasteiger partial charge is 0.361 e. The second-order valence-electron chi connectivity index (χ2n) is 3.77. The Morgan fingerprint density at radius 1 is 1.39 bits per heavy atom. The van der Waals surface area contributed by atoms with Crippen molar-refractivity contribution in [2.45, 2.75) is 20.8 Å². The standard InChI is InChI=1S/C11H11N3O3S/c1-5-4-8(14-17-5)10(16)13-11-12-6(2)9(18-11)7(3)15/h4H,1-3H3,(H,12,13,16). The molecule has 0 radical (unpaired) electrons. The van der Waals surface area contributed by atoms with E-state index in [-0.39, 0.29) is 11.5 Å². The van der Waals surface area contributed by atoms with Crippen molar-refractivity contribution in [3.63, 3.8) is 0 Å². The quantitative estimate of drug-likeness (QED) is 0.860. The van der Waals surface area contributed by atoms with E-state index in [0.717, 1.165) is 11.3 Å². The second-order valence-corrected chi connectivity index (χ2v) is 4.77. The number of hydrogen-bond donors (Lipinski definition) is 1. The molecule has 0 saturated heterocycles. The van der Waals surface area contributed by atoms with Crippen molar-refractivity contribution in [1.82, 2.24) is 10.1 Å². The molecular weight excluding hydrogens is 254 g/mol.